The van der Waals surface area contributed by atoms with Crippen molar-refractivity contribution < 1.29 is 83.0 Å². The maximum atomic E-state index is 15.0. The van der Waals surface area contributed by atoms with E-state index < -0.39 is 82.5 Å². The Kier molecular flexibility index (Phi) is 20.0. The SMILES string of the molecule is CCCCCC(CC)/C(=N\OC(=O)c1ccccc1)C(=O)c1ccc(OC(=O)C(F)(F)C(F)(F)C(F)(F)C(F)(F)C(=O)Oc2ccc(C(=O)/C(=N/OC(=O)c3ccccc3)C(CC)CCCC)cc2)cc1. The number of unbranched alkanes of at least 4 members (excludes halogenated alkanes) is 3. The fraction of sp³-hybridized carbons (Fsp3) is 0.373. The van der Waals surface area contributed by atoms with E-state index in [9.17, 15) is 63.9 Å². The predicted octanol–water partition coefficient (Wildman–Crippen LogP) is 12.4. The van der Waals surface area contributed by atoms with Gasteiger partial charge in [-0.3, -0.25) is 9.59 Å². The predicted molar refractivity (Wildman–Crippen MR) is 242 cm³/mol. The number of halogens is 8. The number of carbonyl (C=O) groups is 6. The molecule has 0 spiro atoms. The van der Waals surface area contributed by atoms with E-state index in [1.807, 2.05) is 13.8 Å². The normalized spacial score (nSPS) is 13.4. The number of ether oxygens (including phenoxy) is 2. The highest BCUT2D eigenvalue weighted by Crippen LogP contribution is 2.53. The molecule has 4 aromatic carbocycles. The molecule has 2 atom stereocenters. The molecule has 0 aliphatic rings. The molecule has 0 saturated heterocycles. The van der Waals surface area contributed by atoms with Crippen molar-refractivity contribution in [1.82, 2.24) is 0 Å². The van der Waals surface area contributed by atoms with Crippen LogP contribution in [0.1, 0.15) is 127 Å². The molecule has 0 aromatic heterocycles. The number of carbonyl (C=O) groups excluding carboxylic acids is 6. The molecule has 4 rings (SSSR count). The first kappa shape index (κ1) is 56.5. The summed E-state index contributed by atoms with van der Waals surface area (Å²) >= 11 is 0. The molecule has 0 saturated carbocycles. The Balaban J connectivity index is 1.49. The first-order valence-electron chi connectivity index (χ1n) is 22.5. The molecule has 0 fully saturated rings. The minimum Gasteiger partial charge on any atom is -0.422 e. The minimum absolute atomic E-state index is 0.110. The zero-order valence-electron chi connectivity index (χ0n) is 38.9. The zero-order chi connectivity index (χ0) is 52.6. The average Bonchev–Trinajstić information content (AvgIpc) is 3.37. The van der Waals surface area contributed by atoms with Crippen molar-refractivity contribution in [1.29, 1.82) is 0 Å². The lowest BCUT2D eigenvalue weighted by Crippen LogP contribution is -2.67. The second kappa shape index (κ2) is 25.1. The molecule has 0 bridgehead atoms. The number of hydrogen-bond acceptors (Lipinski definition) is 12. The molecule has 0 aliphatic carbocycles. The van der Waals surface area contributed by atoms with Gasteiger partial charge in [-0.2, -0.15) is 35.1 Å². The largest absolute Gasteiger partial charge is 0.422 e. The molecule has 71 heavy (non-hydrogen) atoms. The summed E-state index contributed by atoms with van der Waals surface area (Å²) < 4.78 is 128. The summed E-state index contributed by atoms with van der Waals surface area (Å²) in [5, 5.41) is 7.65. The summed E-state index contributed by atoms with van der Waals surface area (Å²) in [7, 11) is 0. The number of hydrogen-bond donors (Lipinski definition) is 0. The van der Waals surface area contributed by atoms with E-state index in [0.717, 1.165) is 37.1 Å². The summed E-state index contributed by atoms with van der Waals surface area (Å²) in [6.45, 7) is 7.30. The van der Waals surface area contributed by atoms with Gasteiger partial charge in [0, 0.05) is 23.0 Å². The van der Waals surface area contributed by atoms with E-state index in [1.54, 1.807) is 50.2 Å². The fourth-order valence-electron chi connectivity index (χ4n) is 6.83. The second-order valence-corrected chi connectivity index (χ2v) is 16.1. The van der Waals surface area contributed by atoms with Crippen LogP contribution in [-0.2, 0) is 19.3 Å². The molecule has 20 heteroatoms. The van der Waals surface area contributed by atoms with Gasteiger partial charge in [0.05, 0.1) is 11.1 Å². The molecule has 2 unspecified atom stereocenters. The van der Waals surface area contributed by atoms with Crippen LogP contribution in [-0.4, -0.2) is 70.6 Å². The van der Waals surface area contributed by atoms with Gasteiger partial charge in [0.1, 0.15) is 22.9 Å². The van der Waals surface area contributed by atoms with E-state index in [0.29, 0.717) is 69.2 Å². The highest BCUT2D eigenvalue weighted by Gasteiger charge is 2.85. The topological polar surface area (TPSA) is 164 Å². The molecular formula is C51H50F8N2O10. The standard InChI is InChI=1S/C51H50F8N2O10/c1-5-9-13-19-33(8-4)41(61-71-45(65)37-22-16-12-17-23-37)43(63)35-26-30-39(31-27-35)69-47(67)49(54,55)51(58,59)50(56,57)48(52,53)46(66)68-38-28-24-34(25-29-38)42(62)40(32(7-3)18-10-6-2)60-70-44(64)36-20-14-11-15-21-36/h11-12,14-17,20-33H,5-10,13,18-19H2,1-4H3/b60-40+,61-41+. The van der Waals surface area contributed by atoms with Gasteiger partial charge in [-0.15, -0.1) is 0 Å². The summed E-state index contributed by atoms with van der Waals surface area (Å²) in [5.74, 6) is -41.7. The zero-order valence-corrected chi connectivity index (χ0v) is 38.9. The number of oxime groups is 2. The Bertz CT molecular complexity index is 2540. The third-order valence-corrected chi connectivity index (χ3v) is 11.1. The third kappa shape index (κ3) is 13.6. The lowest BCUT2D eigenvalue weighted by molar-refractivity contribution is -0.352. The van der Waals surface area contributed by atoms with Gasteiger partial charge >= 0.3 is 47.6 Å². The van der Waals surface area contributed by atoms with Crippen molar-refractivity contribution in [2.24, 2.45) is 22.1 Å². The summed E-state index contributed by atoms with van der Waals surface area (Å²) in [6, 6.07) is 21.2. The number of ketones is 2. The maximum absolute atomic E-state index is 15.0. The van der Waals surface area contributed by atoms with Gasteiger partial charge < -0.3 is 19.1 Å². The van der Waals surface area contributed by atoms with E-state index in [-0.39, 0.29) is 33.7 Å². The first-order valence-corrected chi connectivity index (χ1v) is 22.5. The van der Waals surface area contributed by atoms with E-state index in [2.05, 4.69) is 19.8 Å². The maximum Gasteiger partial charge on any atom is 0.411 e. The van der Waals surface area contributed by atoms with Crippen molar-refractivity contribution >= 4 is 46.9 Å². The lowest BCUT2D eigenvalue weighted by Gasteiger charge is -2.34. The Morgan fingerprint density at radius 2 is 0.789 bits per heavy atom. The Hall–Kier alpha value is -7.12. The van der Waals surface area contributed by atoms with Crippen LogP contribution in [0, 0.1) is 11.8 Å². The van der Waals surface area contributed by atoms with Crippen LogP contribution in [0.4, 0.5) is 35.1 Å². The monoisotopic (exact) mass is 1000 g/mol. The van der Waals surface area contributed by atoms with Gasteiger partial charge in [0.2, 0.25) is 11.6 Å². The number of benzene rings is 4. The lowest BCUT2D eigenvalue weighted by atomic mass is 9.89. The molecule has 380 valence electrons. The molecule has 0 N–H and O–H groups in total. The molecule has 0 aliphatic heterocycles. The van der Waals surface area contributed by atoms with Crippen LogP contribution in [0.5, 0.6) is 11.5 Å². The fourth-order valence-corrected chi connectivity index (χ4v) is 6.83. The van der Waals surface area contributed by atoms with Crippen molar-refractivity contribution in [2.75, 3.05) is 0 Å². The summed E-state index contributed by atoms with van der Waals surface area (Å²) in [5.41, 5.74) is -0.752. The molecule has 0 amide bonds. The number of rotatable bonds is 26. The minimum atomic E-state index is -7.32. The van der Waals surface area contributed by atoms with Gasteiger partial charge in [-0.1, -0.05) is 107 Å². The summed E-state index contributed by atoms with van der Waals surface area (Å²) in [6.07, 6.45) is 5.16. The van der Waals surface area contributed by atoms with Crippen LogP contribution >= 0.6 is 0 Å². The molecule has 4 aromatic rings. The van der Waals surface area contributed by atoms with Gasteiger partial charge in [-0.05, 0) is 98.5 Å². The van der Waals surface area contributed by atoms with Gasteiger partial charge in [-0.25, -0.2) is 19.2 Å². The number of esters is 2. The second-order valence-electron chi connectivity index (χ2n) is 16.1. The van der Waals surface area contributed by atoms with Crippen molar-refractivity contribution in [3.63, 3.8) is 0 Å². The van der Waals surface area contributed by atoms with E-state index in [1.165, 1.54) is 24.3 Å². The smallest absolute Gasteiger partial charge is 0.411 e. The first-order chi connectivity index (χ1) is 33.6. The van der Waals surface area contributed by atoms with E-state index in [4.69, 9.17) is 9.68 Å². The Morgan fingerprint density at radius 1 is 0.451 bits per heavy atom. The Morgan fingerprint density at radius 3 is 1.11 bits per heavy atom. The molecular weight excluding hydrogens is 953 g/mol. The Labute approximate surface area is 403 Å². The number of Topliss-reactive ketones (excluding diaryl/α,β-unsaturated/α-hetero) is 2. The summed E-state index contributed by atoms with van der Waals surface area (Å²) in [4.78, 5) is 87.3. The number of alkyl halides is 8. The molecule has 0 heterocycles. The van der Waals surface area contributed by atoms with E-state index >= 15 is 0 Å². The highest BCUT2D eigenvalue weighted by molar-refractivity contribution is 6.47. The van der Waals surface area contributed by atoms with Crippen LogP contribution in [0.15, 0.2) is 120 Å². The average molecular weight is 1000 g/mol. The van der Waals surface area contributed by atoms with Gasteiger partial charge in [0.25, 0.3) is 0 Å². The van der Waals surface area contributed by atoms with Gasteiger partial charge in [0.15, 0.2) is 0 Å². The van der Waals surface area contributed by atoms with Crippen LogP contribution in [0.25, 0.3) is 0 Å². The quantitative estimate of drug-likeness (QED) is 0.00864. The highest BCUT2D eigenvalue weighted by atomic mass is 19.4. The number of nitrogens with zero attached hydrogens (tertiary/aromatic N) is 2. The van der Waals surface area contributed by atoms with Crippen LogP contribution in [0.2, 0.25) is 0 Å². The molecule has 0 radical (unpaired) electrons. The third-order valence-electron chi connectivity index (χ3n) is 11.1. The van der Waals surface area contributed by atoms with Crippen molar-refractivity contribution in [3.05, 3.63) is 131 Å². The van der Waals surface area contributed by atoms with Crippen molar-refractivity contribution in [3.8, 4) is 11.5 Å². The van der Waals surface area contributed by atoms with Crippen LogP contribution < -0.4 is 9.47 Å². The van der Waals surface area contributed by atoms with Crippen molar-refractivity contribution in [2.45, 2.75) is 109 Å². The molecule has 12 nitrogen and oxygen atoms in total. The van der Waals surface area contributed by atoms with Crippen LogP contribution in [0.3, 0.4) is 0 Å².